The molecule has 2 radical (unpaired) electrons. The summed E-state index contributed by atoms with van der Waals surface area (Å²) in [5.74, 6) is 0. The Kier molecular flexibility index (Phi) is 7.54. The number of non-ortho nitro benzene ring substituents is 2. The minimum Gasteiger partial charge on any atom is -0.333 e. The van der Waals surface area contributed by atoms with E-state index < -0.39 is 75.0 Å². The maximum absolute atomic E-state index is 11.3. The first-order valence-electron chi connectivity index (χ1n) is 7.34. The van der Waals surface area contributed by atoms with Gasteiger partial charge in [0.15, 0.2) is 11.4 Å². The van der Waals surface area contributed by atoms with Crippen LogP contribution >= 0.6 is 0 Å². The van der Waals surface area contributed by atoms with Gasteiger partial charge in [0, 0.05) is 23.1 Å². The molecule has 0 amide bonds. The van der Waals surface area contributed by atoms with Gasteiger partial charge in [-0.3, -0.25) is 60.7 Å². The van der Waals surface area contributed by atoms with Gasteiger partial charge in [0.05, 0.1) is 53.8 Å². The molecule has 0 aliphatic rings. The van der Waals surface area contributed by atoms with Crippen LogP contribution in [0.1, 0.15) is 0 Å². The molecule has 2 aromatic rings. The molecular weight excluding hydrogens is 458 g/mol. The number of nitro groups is 6. The molecule has 2 rings (SSSR count). The smallest absolute Gasteiger partial charge is 0.306 e. The number of hydrogen-bond donors (Lipinski definition) is 1. The van der Waals surface area contributed by atoms with Crippen LogP contribution in [0.2, 0.25) is 0 Å². The summed E-state index contributed by atoms with van der Waals surface area (Å²) < 4.78 is 0. The van der Waals surface area contributed by atoms with Crippen molar-refractivity contribution in [2.24, 2.45) is 0 Å². The molecule has 0 aliphatic heterocycles. The van der Waals surface area contributed by atoms with Crippen molar-refractivity contribution in [2.75, 3.05) is 5.32 Å². The standard InChI is InChI=1S/C12H5N7O12.Mg/c20-14(21)5-1-7(16(24)25)11(8(2-5)17(26)27)13-12-9(18(28)29)3-6(15(22)23)4-10(12)19(30)31;/h1-4,13H;. The molecule has 32 heavy (non-hydrogen) atoms. The molecular formula is C12H5MgN7O12. The molecule has 0 saturated heterocycles. The molecule has 1 N–H and O–H groups in total. The van der Waals surface area contributed by atoms with Crippen LogP contribution in [0.25, 0.3) is 0 Å². The SMILES string of the molecule is O=[N+]([O-])c1cc([N+](=O)[O-])c(Nc2c([N+](=O)[O-])cc([N+](=O)[O-])cc2[N+](=O)[O-])c([N+](=O)[O-])c1.[Mg]. The molecule has 0 heterocycles. The van der Waals surface area contributed by atoms with Gasteiger partial charge in [-0.25, -0.2) is 0 Å². The molecule has 0 atom stereocenters. The fourth-order valence-electron chi connectivity index (χ4n) is 2.36. The predicted molar refractivity (Wildman–Crippen MR) is 102 cm³/mol. The molecule has 20 heteroatoms. The zero-order chi connectivity index (χ0) is 23.6. The van der Waals surface area contributed by atoms with E-state index >= 15 is 0 Å². The van der Waals surface area contributed by atoms with Crippen molar-refractivity contribution in [3.8, 4) is 0 Å². The number of rotatable bonds is 8. The van der Waals surface area contributed by atoms with Gasteiger partial charge in [-0.1, -0.05) is 0 Å². The average Bonchev–Trinajstić information content (AvgIpc) is 2.66. The number of benzene rings is 2. The van der Waals surface area contributed by atoms with Crippen LogP contribution in [0.5, 0.6) is 0 Å². The van der Waals surface area contributed by atoms with Gasteiger partial charge >= 0.3 is 22.7 Å². The molecule has 0 saturated carbocycles. The minimum absolute atomic E-state index is 0. The monoisotopic (exact) mass is 463 g/mol. The zero-order valence-corrected chi connectivity index (χ0v) is 16.5. The summed E-state index contributed by atoms with van der Waals surface area (Å²) >= 11 is 0. The van der Waals surface area contributed by atoms with E-state index in [0.717, 1.165) is 0 Å². The van der Waals surface area contributed by atoms with Crippen molar-refractivity contribution in [3.63, 3.8) is 0 Å². The Morgan fingerprint density at radius 1 is 0.469 bits per heavy atom. The predicted octanol–water partition coefficient (Wildman–Crippen LogP) is 2.50. The Hall–Kier alpha value is -4.59. The van der Waals surface area contributed by atoms with Gasteiger partial charge in [0.25, 0.3) is 11.4 Å². The fourth-order valence-corrected chi connectivity index (χ4v) is 2.36. The van der Waals surface area contributed by atoms with Crippen LogP contribution in [0.15, 0.2) is 24.3 Å². The van der Waals surface area contributed by atoms with Crippen molar-refractivity contribution in [1.29, 1.82) is 0 Å². The molecule has 0 fully saturated rings. The van der Waals surface area contributed by atoms with Crippen LogP contribution in [-0.2, 0) is 0 Å². The van der Waals surface area contributed by atoms with E-state index in [1.54, 1.807) is 0 Å². The molecule has 0 bridgehead atoms. The Bertz CT molecular complexity index is 1040. The number of nitrogens with zero attached hydrogens (tertiary/aromatic N) is 6. The van der Waals surface area contributed by atoms with E-state index in [-0.39, 0.29) is 23.1 Å². The second-order valence-electron chi connectivity index (χ2n) is 5.39. The third-order valence-electron chi connectivity index (χ3n) is 3.62. The van der Waals surface area contributed by atoms with Crippen molar-refractivity contribution in [1.82, 2.24) is 0 Å². The third-order valence-corrected chi connectivity index (χ3v) is 3.62. The minimum atomic E-state index is -1.30. The second kappa shape index (κ2) is 9.48. The van der Waals surface area contributed by atoms with Crippen LogP contribution in [0, 0.1) is 60.7 Å². The quantitative estimate of drug-likeness (QED) is 0.335. The molecule has 0 aliphatic carbocycles. The van der Waals surface area contributed by atoms with Crippen LogP contribution < -0.4 is 5.32 Å². The Morgan fingerprint density at radius 3 is 0.844 bits per heavy atom. The highest BCUT2D eigenvalue weighted by molar-refractivity contribution is 5.88. The zero-order valence-electron chi connectivity index (χ0n) is 15.1. The summed E-state index contributed by atoms with van der Waals surface area (Å²) in [6, 6.07) is 1.16. The maximum atomic E-state index is 11.3. The second-order valence-corrected chi connectivity index (χ2v) is 5.39. The summed E-state index contributed by atoms with van der Waals surface area (Å²) in [5, 5.41) is 68.9. The van der Waals surface area contributed by atoms with E-state index in [1.165, 1.54) is 0 Å². The van der Waals surface area contributed by atoms with Crippen molar-refractivity contribution >= 4 is 68.6 Å². The normalized spacial score (nSPS) is 9.88. The van der Waals surface area contributed by atoms with E-state index in [9.17, 15) is 60.7 Å². The molecule has 2 aromatic carbocycles. The van der Waals surface area contributed by atoms with Gasteiger partial charge in [-0.05, 0) is 0 Å². The Labute approximate surface area is 188 Å². The van der Waals surface area contributed by atoms with Crippen molar-refractivity contribution in [2.45, 2.75) is 0 Å². The largest absolute Gasteiger partial charge is 0.333 e. The first kappa shape index (κ1) is 25.4. The lowest BCUT2D eigenvalue weighted by molar-refractivity contribution is -0.402. The van der Waals surface area contributed by atoms with Crippen LogP contribution in [0.3, 0.4) is 0 Å². The lowest BCUT2D eigenvalue weighted by atomic mass is 10.1. The fraction of sp³-hybridized carbons (Fsp3) is 0. The molecule has 0 unspecified atom stereocenters. The summed E-state index contributed by atoms with van der Waals surface area (Å²) in [4.78, 5) is 59.5. The molecule has 162 valence electrons. The van der Waals surface area contributed by atoms with Gasteiger partial charge in [-0.15, -0.1) is 0 Å². The molecule has 0 spiro atoms. The molecule has 19 nitrogen and oxygen atoms in total. The van der Waals surface area contributed by atoms with E-state index in [2.05, 4.69) is 0 Å². The van der Waals surface area contributed by atoms with E-state index in [1.807, 2.05) is 5.32 Å². The number of anilines is 2. The van der Waals surface area contributed by atoms with Gasteiger partial charge < -0.3 is 5.32 Å². The topological polar surface area (TPSA) is 271 Å². The van der Waals surface area contributed by atoms with E-state index in [4.69, 9.17) is 0 Å². The third kappa shape index (κ3) is 4.93. The highest BCUT2D eigenvalue weighted by atomic mass is 24.3. The summed E-state index contributed by atoms with van der Waals surface area (Å²) in [6.07, 6.45) is 0. The van der Waals surface area contributed by atoms with Crippen molar-refractivity contribution in [3.05, 3.63) is 85.0 Å². The van der Waals surface area contributed by atoms with Crippen LogP contribution in [-0.4, -0.2) is 52.6 Å². The summed E-state index contributed by atoms with van der Waals surface area (Å²) in [7, 11) is 0. The number of nitrogens with one attached hydrogen (secondary N) is 1. The van der Waals surface area contributed by atoms with Gasteiger partial charge in [0.2, 0.25) is 0 Å². The van der Waals surface area contributed by atoms with Crippen molar-refractivity contribution < 1.29 is 29.5 Å². The Morgan fingerprint density at radius 2 is 0.688 bits per heavy atom. The number of nitro benzene ring substituents is 6. The molecule has 0 aromatic heterocycles. The van der Waals surface area contributed by atoms with Gasteiger partial charge in [-0.2, -0.15) is 0 Å². The highest BCUT2D eigenvalue weighted by Crippen LogP contribution is 2.45. The van der Waals surface area contributed by atoms with Gasteiger partial charge in [0.1, 0.15) is 0 Å². The lowest BCUT2D eigenvalue weighted by Crippen LogP contribution is -2.07. The first-order valence-corrected chi connectivity index (χ1v) is 7.34. The Balaban J connectivity index is 0.00000512. The summed E-state index contributed by atoms with van der Waals surface area (Å²) in [5.41, 5.74) is -9.66. The number of hydrogen-bond acceptors (Lipinski definition) is 13. The van der Waals surface area contributed by atoms with Crippen LogP contribution in [0.4, 0.5) is 45.5 Å². The lowest BCUT2D eigenvalue weighted by Gasteiger charge is -2.09. The average molecular weight is 464 g/mol. The summed E-state index contributed by atoms with van der Waals surface area (Å²) in [6.45, 7) is 0. The highest BCUT2D eigenvalue weighted by Gasteiger charge is 2.36. The van der Waals surface area contributed by atoms with E-state index in [0.29, 0.717) is 24.3 Å². The first-order chi connectivity index (χ1) is 14.3. The maximum Gasteiger partial charge on any atom is 0.306 e.